The Morgan fingerprint density at radius 1 is 0.645 bits per heavy atom. The Labute approximate surface area is 200 Å². The van der Waals surface area contributed by atoms with Gasteiger partial charge in [0.25, 0.3) is 0 Å². The minimum atomic E-state index is 0. The maximum absolute atomic E-state index is 4.88. The molecule has 0 amide bonds. The number of aryl methyl sites for hydroxylation is 2. The van der Waals surface area contributed by atoms with Gasteiger partial charge in [-0.1, -0.05) is 77.1 Å². The van der Waals surface area contributed by atoms with Crippen LogP contribution < -0.4 is 0 Å². The zero-order chi connectivity index (χ0) is 21.4. The Bertz CT molecular complexity index is 761. The molecular formula is C28H40N2Ni. The van der Waals surface area contributed by atoms with Gasteiger partial charge in [0.15, 0.2) is 0 Å². The zero-order valence-electron chi connectivity index (χ0n) is 19.7. The molecule has 3 heteroatoms. The molecule has 0 fully saturated rings. The molecule has 0 aliphatic heterocycles. The van der Waals surface area contributed by atoms with Gasteiger partial charge in [0.05, 0.1) is 17.1 Å². The largest absolute Gasteiger partial charge is 0.255 e. The molecule has 0 atom stereocenters. The maximum atomic E-state index is 4.88. The van der Waals surface area contributed by atoms with Gasteiger partial charge in [0, 0.05) is 22.7 Å². The molecule has 0 aliphatic rings. The van der Waals surface area contributed by atoms with Crippen LogP contribution in [0, 0.1) is 0 Å². The van der Waals surface area contributed by atoms with E-state index in [-0.39, 0.29) is 16.5 Å². The molecule has 31 heavy (non-hydrogen) atoms. The van der Waals surface area contributed by atoms with E-state index in [4.69, 9.17) is 9.98 Å². The molecular weight excluding hydrogens is 423 g/mol. The average molecular weight is 463 g/mol. The Morgan fingerprint density at radius 2 is 1.13 bits per heavy atom. The number of benzene rings is 2. The first-order valence-corrected chi connectivity index (χ1v) is 12.0. The predicted molar refractivity (Wildman–Crippen MR) is 134 cm³/mol. The molecule has 0 radical (unpaired) electrons. The molecule has 2 aromatic rings. The van der Waals surface area contributed by atoms with Crippen molar-refractivity contribution in [3.05, 3.63) is 59.7 Å². The SMILES string of the molecule is CCCCCc1ccc(/N=C/C(CCCC)=N/c2ccc(CCCCC)cc2)cc1.[Ni]. The fraction of sp³-hybridized carbons (Fsp3) is 0.500. The zero-order valence-corrected chi connectivity index (χ0v) is 20.7. The normalized spacial score (nSPS) is 11.6. The predicted octanol–water partition coefficient (Wildman–Crippen LogP) is 8.81. The van der Waals surface area contributed by atoms with Crippen molar-refractivity contribution in [3.8, 4) is 0 Å². The summed E-state index contributed by atoms with van der Waals surface area (Å²) in [6.07, 6.45) is 15.2. The van der Waals surface area contributed by atoms with Gasteiger partial charge in [-0.15, -0.1) is 0 Å². The van der Waals surface area contributed by atoms with E-state index in [9.17, 15) is 0 Å². The monoisotopic (exact) mass is 462 g/mol. The summed E-state index contributed by atoms with van der Waals surface area (Å²) in [7, 11) is 0. The van der Waals surface area contributed by atoms with Crippen molar-refractivity contribution in [1.82, 2.24) is 0 Å². The number of rotatable bonds is 14. The van der Waals surface area contributed by atoms with E-state index in [1.807, 2.05) is 6.21 Å². The first-order chi connectivity index (χ1) is 14.7. The van der Waals surface area contributed by atoms with Gasteiger partial charge in [-0.05, 0) is 73.9 Å². The van der Waals surface area contributed by atoms with Crippen LogP contribution in [0.1, 0.15) is 89.7 Å². The second-order valence-corrected chi connectivity index (χ2v) is 8.21. The summed E-state index contributed by atoms with van der Waals surface area (Å²) in [4.78, 5) is 9.59. The Morgan fingerprint density at radius 3 is 1.61 bits per heavy atom. The van der Waals surface area contributed by atoms with Crippen molar-refractivity contribution < 1.29 is 16.5 Å². The summed E-state index contributed by atoms with van der Waals surface area (Å²) in [5.74, 6) is 0. The van der Waals surface area contributed by atoms with Crippen LogP contribution in [0.2, 0.25) is 0 Å². The Kier molecular flexibility index (Phi) is 14.9. The van der Waals surface area contributed by atoms with Crippen molar-refractivity contribution in [2.75, 3.05) is 0 Å². The molecule has 2 rings (SSSR count). The molecule has 0 saturated carbocycles. The van der Waals surface area contributed by atoms with Gasteiger partial charge < -0.3 is 0 Å². The van der Waals surface area contributed by atoms with Crippen molar-refractivity contribution >= 4 is 23.3 Å². The number of hydrogen-bond donors (Lipinski definition) is 0. The fourth-order valence-electron chi connectivity index (χ4n) is 3.47. The second kappa shape index (κ2) is 16.9. The molecule has 0 saturated heterocycles. The summed E-state index contributed by atoms with van der Waals surface area (Å²) < 4.78 is 0. The van der Waals surface area contributed by atoms with Crippen LogP contribution in [0.15, 0.2) is 58.5 Å². The quantitative estimate of drug-likeness (QED) is 0.152. The van der Waals surface area contributed by atoms with Gasteiger partial charge in [-0.25, -0.2) is 0 Å². The van der Waals surface area contributed by atoms with E-state index in [1.54, 1.807) is 0 Å². The molecule has 2 aromatic carbocycles. The molecule has 0 aliphatic carbocycles. The third kappa shape index (κ3) is 11.5. The number of aliphatic imine (C=N–C) groups is 2. The Hall–Kier alpha value is -1.73. The number of nitrogens with zero attached hydrogens (tertiary/aromatic N) is 2. The van der Waals surface area contributed by atoms with E-state index in [2.05, 4.69) is 69.3 Å². The molecule has 0 bridgehead atoms. The van der Waals surface area contributed by atoms with Crippen LogP contribution in [0.4, 0.5) is 11.4 Å². The number of unbranched alkanes of at least 4 members (excludes halogenated alkanes) is 5. The van der Waals surface area contributed by atoms with Crippen LogP contribution in [-0.4, -0.2) is 11.9 Å². The van der Waals surface area contributed by atoms with Gasteiger partial charge in [0.1, 0.15) is 0 Å². The smallest absolute Gasteiger partial charge is 0.0633 e. The van der Waals surface area contributed by atoms with Gasteiger partial charge in [0.2, 0.25) is 0 Å². The van der Waals surface area contributed by atoms with Crippen LogP contribution in [0.25, 0.3) is 0 Å². The van der Waals surface area contributed by atoms with Crippen LogP contribution in [0.5, 0.6) is 0 Å². The molecule has 0 aromatic heterocycles. The van der Waals surface area contributed by atoms with Crippen molar-refractivity contribution in [1.29, 1.82) is 0 Å². The molecule has 0 unspecified atom stereocenters. The van der Waals surface area contributed by atoms with Crippen LogP contribution >= 0.6 is 0 Å². The van der Waals surface area contributed by atoms with Crippen molar-refractivity contribution in [3.63, 3.8) is 0 Å². The molecule has 0 spiro atoms. The van der Waals surface area contributed by atoms with Gasteiger partial charge >= 0.3 is 0 Å². The minimum Gasteiger partial charge on any atom is -0.255 e. The standard InChI is InChI=1S/C28H40N2.Ni/c1-4-7-10-12-24-15-19-26(20-16-24)29-23-28(14-9-6-3)30-27-21-17-25(18-22-27)13-11-8-5-2;/h15-23H,4-14H2,1-3H3;/b29-23+,30-28+;. The maximum Gasteiger partial charge on any atom is 0.0633 e. The summed E-state index contributed by atoms with van der Waals surface area (Å²) >= 11 is 0. The summed E-state index contributed by atoms with van der Waals surface area (Å²) in [5, 5.41) is 0. The first kappa shape index (κ1) is 27.3. The average Bonchev–Trinajstić information content (AvgIpc) is 2.78. The van der Waals surface area contributed by atoms with Crippen LogP contribution in [0.3, 0.4) is 0 Å². The van der Waals surface area contributed by atoms with E-state index >= 15 is 0 Å². The summed E-state index contributed by atoms with van der Waals surface area (Å²) in [5.41, 5.74) is 5.90. The van der Waals surface area contributed by atoms with Gasteiger partial charge in [-0.3, -0.25) is 9.98 Å². The molecule has 2 nitrogen and oxygen atoms in total. The van der Waals surface area contributed by atoms with E-state index in [0.29, 0.717) is 0 Å². The molecule has 0 N–H and O–H groups in total. The molecule has 0 heterocycles. The summed E-state index contributed by atoms with van der Waals surface area (Å²) in [6.45, 7) is 6.72. The topological polar surface area (TPSA) is 24.7 Å². The van der Waals surface area contributed by atoms with E-state index in [1.165, 1.54) is 49.7 Å². The van der Waals surface area contributed by atoms with E-state index < -0.39 is 0 Å². The Balaban J connectivity index is 0.00000480. The van der Waals surface area contributed by atoms with E-state index in [0.717, 1.165) is 49.2 Å². The molecule has 172 valence electrons. The van der Waals surface area contributed by atoms with Crippen molar-refractivity contribution in [2.45, 2.75) is 91.4 Å². The third-order valence-corrected chi connectivity index (χ3v) is 5.43. The fourth-order valence-corrected chi connectivity index (χ4v) is 3.47. The second-order valence-electron chi connectivity index (χ2n) is 8.21. The van der Waals surface area contributed by atoms with Gasteiger partial charge in [-0.2, -0.15) is 0 Å². The third-order valence-electron chi connectivity index (χ3n) is 5.43. The van der Waals surface area contributed by atoms with Crippen molar-refractivity contribution in [2.24, 2.45) is 9.98 Å². The first-order valence-electron chi connectivity index (χ1n) is 12.0. The minimum absolute atomic E-state index is 0. The number of hydrogen-bond acceptors (Lipinski definition) is 2. The summed E-state index contributed by atoms with van der Waals surface area (Å²) in [6, 6.07) is 17.4. The van der Waals surface area contributed by atoms with Crippen LogP contribution in [-0.2, 0) is 29.3 Å².